The Balaban J connectivity index is 2.62. The smallest absolute Gasteiger partial charge is 0.347 e. The molecule has 0 aliphatic heterocycles. The highest BCUT2D eigenvalue weighted by Crippen LogP contribution is 2.41. The van der Waals surface area contributed by atoms with Crippen molar-refractivity contribution in [3.05, 3.63) is 22.7 Å². The number of aromatic nitrogens is 1. The van der Waals surface area contributed by atoms with Crippen molar-refractivity contribution in [3.8, 4) is 27.8 Å². The topological polar surface area (TPSA) is 77.9 Å². The van der Waals surface area contributed by atoms with Crippen LogP contribution in [0.25, 0.3) is 10.6 Å². The fourth-order valence-corrected chi connectivity index (χ4v) is 2.83. The number of carboxylic acids is 1. The van der Waals surface area contributed by atoms with Gasteiger partial charge < -0.3 is 19.3 Å². The Hall–Kier alpha value is -2.28. The molecule has 2 rings (SSSR count). The molecule has 1 aromatic carbocycles. The minimum Gasteiger partial charge on any atom is -0.496 e. The summed E-state index contributed by atoms with van der Waals surface area (Å²) in [4.78, 5) is 15.7. The van der Waals surface area contributed by atoms with Gasteiger partial charge in [-0.05, 0) is 13.0 Å². The van der Waals surface area contributed by atoms with Gasteiger partial charge in [0.15, 0.2) is 11.5 Å². The highest BCUT2D eigenvalue weighted by Gasteiger charge is 2.20. The van der Waals surface area contributed by atoms with E-state index in [1.165, 1.54) is 21.3 Å². The first-order valence-electron chi connectivity index (χ1n) is 6.03. The lowest BCUT2D eigenvalue weighted by atomic mass is 10.2. The molecule has 0 aliphatic carbocycles. The number of carbonyl (C=O) groups is 1. The van der Waals surface area contributed by atoms with Crippen LogP contribution in [-0.4, -0.2) is 37.4 Å². The van der Waals surface area contributed by atoms with E-state index in [1.54, 1.807) is 19.1 Å². The van der Waals surface area contributed by atoms with Crippen LogP contribution < -0.4 is 14.2 Å². The molecule has 0 bridgehead atoms. The van der Waals surface area contributed by atoms with E-state index in [1.807, 2.05) is 0 Å². The molecule has 0 radical (unpaired) electrons. The summed E-state index contributed by atoms with van der Waals surface area (Å²) in [5.41, 5.74) is 1.13. The third kappa shape index (κ3) is 2.78. The molecular weight excluding hydrogens is 294 g/mol. The van der Waals surface area contributed by atoms with Crippen molar-refractivity contribution in [1.82, 2.24) is 4.98 Å². The maximum Gasteiger partial charge on any atom is 0.347 e. The van der Waals surface area contributed by atoms with Crippen molar-refractivity contribution in [1.29, 1.82) is 0 Å². The van der Waals surface area contributed by atoms with Gasteiger partial charge in [0.25, 0.3) is 0 Å². The minimum absolute atomic E-state index is 0.210. The number of benzene rings is 1. The fraction of sp³-hybridized carbons (Fsp3) is 0.286. The van der Waals surface area contributed by atoms with Crippen molar-refractivity contribution in [3.63, 3.8) is 0 Å². The number of carboxylic acid groups (broad SMARTS) is 1. The minimum atomic E-state index is -0.990. The molecule has 1 aromatic heterocycles. The zero-order valence-corrected chi connectivity index (χ0v) is 12.9. The lowest BCUT2D eigenvalue weighted by Gasteiger charge is -2.12. The van der Waals surface area contributed by atoms with Crippen LogP contribution in [0.5, 0.6) is 17.2 Å². The van der Waals surface area contributed by atoms with E-state index in [4.69, 9.17) is 19.3 Å². The predicted molar refractivity (Wildman–Crippen MR) is 78.9 cm³/mol. The molecule has 112 valence electrons. The summed E-state index contributed by atoms with van der Waals surface area (Å²) >= 11 is 1.10. The average molecular weight is 309 g/mol. The number of thiazole rings is 1. The highest BCUT2D eigenvalue weighted by molar-refractivity contribution is 7.17. The highest BCUT2D eigenvalue weighted by atomic mass is 32.1. The number of nitrogens with zero attached hydrogens (tertiary/aromatic N) is 1. The number of methoxy groups -OCH3 is 3. The van der Waals surface area contributed by atoms with Gasteiger partial charge in [-0.2, -0.15) is 0 Å². The summed E-state index contributed by atoms with van der Waals surface area (Å²) in [6, 6.07) is 3.41. The van der Waals surface area contributed by atoms with Crippen molar-refractivity contribution in [2.45, 2.75) is 6.92 Å². The first-order valence-corrected chi connectivity index (χ1v) is 6.84. The Morgan fingerprint density at radius 1 is 1.10 bits per heavy atom. The van der Waals surface area contributed by atoms with E-state index in [-0.39, 0.29) is 4.88 Å². The van der Waals surface area contributed by atoms with Gasteiger partial charge in [0.2, 0.25) is 0 Å². The average Bonchev–Trinajstić information content (AvgIpc) is 2.87. The molecule has 0 fully saturated rings. The molecule has 7 heteroatoms. The molecule has 0 atom stereocenters. The van der Waals surface area contributed by atoms with Gasteiger partial charge >= 0.3 is 5.97 Å². The van der Waals surface area contributed by atoms with E-state index in [2.05, 4.69) is 4.98 Å². The largest absolute Gasteiger partial charge is 0.496 e. The lowest BCUT2D eigenvalue weighted by Crippen LogP contribution is -1.94. The van der Waals surface area contributed by atoms with E-state index >= 15 is 0 Å². The van der Waals surface area contributed by atoms with Gasteiger partial charge in [-0.1, -0.05) is 0 Å². The Morgan fingerprint density at radius 3 is 2.14 bits per heavy atom. The number of aromatic carboxylic acids is 1. The van der Waals surface area contributed by atoms with Crippen LogP contribution in [0.4, 0.5) is 0 Å². The third-order valence-corrected chi connectivity index (χ3v) is 4.11. The van der Waals surface area contributed by atoms with Crippen LogP contribution in [0.2, 0.25) is 0 Å². The zero-order valence-electron chi connectivity index (χ0n) is 12.1. The van der Waals surface area contributed by atoms with E-state index in [9.17, 15) is 4.79 Å². The van der Waals surface area contributed by atoms with Gasteiger partial charge in [-0.15, -0.1) is 11.3 Å². The monoisotopic (exact) mass is 309 g/mol. The fourth-order valence-electron chi connectivity index (χ4n) is 1.91. The molecule has 1 N–H and O–H groups in total. The van der Waals surface area contributed by atoms with Gasteiger partial charge in [-0.3, -0.25) is 0 Å². The van der Waals surface area contributed by atoms with Crippen molar-refractivity contribution >= 4 is 17.3 Å². The van der Waals surface area contributed by atoms with Crippen LogP contribution in [0.15, 0.2) is 12.1 Å². The van der Waals surface area contributed by atoms with E-state index in [0.717, 1.165) is 11.3 Å². The summed E-state index contributed by atoms with van der Waals surface area (Å²) in [6.07, 6.45) is 0. The maximum atomic E-state index is 11.1. The second-order valence-corrected chi connectivity index (χ2v) is 5.15. The summed E-state index contributed by atoms with van der Waals surface area (Å²) in [7, 11) is 4.60. The van der Waals surface area contributed by atoms with Crippen LogP contribution in [0.3, 0.4) is 0 Å². The number of hydrogen-bond donors (Lipinski definition) is 1. The maximum absolute atomic E-state index is 11.1. The molecular formula is C14H15NO5S. The number of rotatable bonds is 5. The Labute approximate surface area is 125 Å². The van der Waals surface area contributed by atoms with Crippen molar-refractivity contribution < 1.29 is 24.1 Å². The molecule has 0 unspecified atom stereocenters. The SMILES string of the molecule is COc1cc(OC)c(-c2nc(C)c(C(=O)O)s2)cc1OC. The van der Waals surface area contributed by atoms with Crippen LogP contribution in [0, 0.1) is 6.92 Å². The molecule has 0 saturated heterocycles. The summed E-state index contributed by atoms with van der Waals surface area (Å²) < 4.78 is 15.8. The molecule has 2 aromatic rings. The molecule has 0 aliphatic rings. The predicted octanol–water partition coefficient (Wildman–Crippen LogP) is 2.84. The molecule has 0 saturated carbocycles. The molecule has 1 heterocycles. The molecule has 0 spiro atoms. The first kappa shape index (κ1) is 15.1. The van der Waals surface area contributed by atoms with Crippen molar-refractivity contribution in [2.75, 3.05) is 21.3 Å². The van der Waals surface area contributed by atoms with Crippen LogP contribution in [0.1, 0.15) is 15.4 Å². The lowest BCUT2D eigenvalue weighted by molar-refractivity contribution is 0.0701. The standard InChI is InChI=1S/C14H15NO5S/c1-7-12(14(16)17)21-13(15-7)8-5-10(19-3)11(20-4)6-9(8)18-2/h5-6H,1-4H3,(H,16,17). The van der Waals surface area contributed by atoms with Gasteiger partial charge in [0.05, 0.1) is 32.6 Å². The third-order valence-electron chi connectivity index (χ3n) is 2.93. The number of aryl methyl sites for hydroxylation is 1. The van der Waals surface area contributed by atoms with Crippen molar-refractivity contribution in [2.24, 2.45) is 0 Å². The summed E-state index contributed by atoms with van der Waals surface area (Å²) in [5.74, 6) is 0.608. The Bertz CT molecular complexity index is 680. The molecule has 21 heavy (non-hydrogen) atoms. The second kappa shape index (κ2) is 6.01. The molecule has 6 nitrogen and oxygen atoms in total. The summed E-state index contributed by atoms with van der Waals surface area (Å²) in [6.45, 7) is 1.66. The van der Waals surface area contributed by atoms with E-state index in [0.29, 0.717) is 33.5 Å². The zero-order chi connectivity index (χ0) is 15.6. The normalized spacial score (nSPS) is 10.3. The van der Waals surface area contributed by atoms with Gasteiger partial charge in [0, 0.05) is 6.07 Å². The van der Waals surface area contributed by atoms with Gasteiger partial charge in [0.1, 0.15) is 15.6 Å². The van der Waals surface area contributed by atoms with Crippen LogP contribution in [-0.2, 0) is 0 Å². The summed E-state index contributed by atoms with van der Waals surface area (Å²) in [5, 5.41) is 9.69. The van der Waals surface area contributed by atoms with E-state index < -0.39 is 5.97 Å². The number of hydrogen-bond acceptors (Lipinski definition) is 6. The first-order chi connectivity index (χ1) is 10.0. The Kier molecular flexibility index (Phi) is 4.32. The van der Waals surface area contributed by atoms with Crippen LogP contribution >= 0.6 is 11.3 Å². The van der Waals surface area contributed by atoms with Gasteiger partial charge in [-0.25, -0.2) is 9.78 Å². The Morgan fingerprint density at radius 2 is 1.67 bits per heavy atom. The quantitative estimate of drug-likeness (QED) is 0.915. The molecule has 0 amide bonds. The second-order valence-electron chi connectivity index (χ2n) is 4.15. The number of ether oxygens (including phenoxy) is 3.